The summed E-state index contributed by atoms with van der Waals surface area (Å²) in [6.45, 7) is 1.42. The molecule has 0 saturated heterocycles. The van der Waals surface area contributed by atoms with Crippen molar-refractivity contribution in [3.63, 3.8) is 0 Å². The number of ether oxygens (including phenoxy) is 1. The molecule has 0 atom stereocenters. The van der Waals surface area contributed by atoms with Crippen molar-refractivity contribution in [1.82, 2.24) is 0 Å². The van der Waals surface area contributed by atoms with Gasteiger partial charge in [0.05, 0.1) is 7.11 Å². The average Bonchev–Trinajstić information content (AvgIpc) is 2.54. The fraction of sp³-hybridized carbons (Fsp3) is 0.111. The van der Waals surface area contributed by atoms with Crippen molar-refractivity contribution in [2.75, 3.05) is 17.7 Å². The molecule has 2 N–H and O–H groups in total. The Balaban J connectivity index is 1.97. The fourth-order valence-electron chi connectivity index (χ4n) is 1.98. The molecule has 5 nitrogen and oxygen atoms in total. The first-order chi connectivity index (χ1) is 11.5. The summed E-state index contributed by atoms with van der Waals surface area (Å²) in [5, 5.41) is 5.31. The second-order valence-electron chi connectivity index (χ2n) is 4.98. The molecule has 6 heteroatoms. The second kappa shape index (κ2) is 7.92. The smallest absolute Gasteiger partial charge is 0.248 e. The first kappa shape index (κ1) is 17.2. The van der Waals surface area contributed by atoms with Crippen LogP contribution in [0.25, 0.3) is 6.08 Å². The van der Waals surface area contributed by atoms with Crippen LogP contribution < -0.4 is 15.4 Å². The van der Waals surface area contributed by atoms with Crippen molar-refractivity contribution >= 4 is 29.3 Å². The topological polar surface area (TPSA) is 67.4 Å². The molecule has 0 bridgehead atoms. The predicted molar refractivity (Wildman–Crippen MR) is 91.4 cm³/mol. The molecule has 0 saturated carbocycles. The summed E-state index contributed by atoms with van der Waals surface area (Å²) in [6.07, 6.45) is 2.81. The molecule has 24 heavy (non-hydrogen) atoms. The minimum absolute atomic E-state index is 0.149. The standard InChI is InChI=1S/C18H17FN2O3/c1-12(22)20-14-5-7-15(8-6-14)21-18(23)10-4-13-3-9-17(24-2)16(19)11-13/h3-11H,1-2H3,(H,20,22)(H,21,23)/b10-4+. The van der Waals surface area contributed by atoms with Gasteiger partial charge in [0, 0.05) is 24.4 Å². The lowest BCUT2D eigenvalue weighted by Gasteiger charge is -2.05. The quantitative estimate of drug-likeness (QED) is 0.826. The molecule has 2 amide bonds. The number of halogens is 1. The molecule has 0 spiro atoms. The number of nitrogens with one attached hydrogen (secondary N) is 2. The highest BCUT2D eigenvalue weighted by atomic mass is 19.1. The highest BCUT2D eigenvalue weighted by molar-refractivity contribution is 6.02. The Hall–Kier alpha value is -3.15. The van der Waals surface area contributed by atoms with E-state index in [2.05, 4.69) is 10.6 Å². The van der Waals surface area contributed by atoms with Crippen molar-refractivity contribution in [3.05, 3.63) is 59.9 Å². The zero-order valence-electron chi connectivity index (χ0n) is 13.3. The lowest BCUT2D eigenvalue weighted by molar-refractivity contribution is -0.114. The normalized spacial score (nSPS) is 10.5. The zero-order valence-corrected chi connectivity index (χ0v) is 13.3. The number of benzene rings is 2. The summed E-state index contributed by atoms with van der Waals surface area (Å²) < 4.78 is 18.4. The maximum absolute atomic E-state index is 13.6. The molecule has 124 valence electrons. The molecule has 0 aliphatic heterocycles. The van der Waals surface area contributed by atoms with Crippen molar-refractivity contribution in [2.24, 2.45) is 0 Å². The van der Waals surface area contributed by atoms with Gasteiger partial charge in [-0.25, -0.2) is 4.39 Å². The van der Waals surface area contributed by atoms with Gasteiger partial charge < -0.3 is 15.4 Å². The van der Waals surface area contributed by atoms with Crippen LogP contribution >= 0.6 is 0 Å². The average molecular weight is 328 g/mol. The summed E-state index contributed by atoms with van der Waals surface area (Å²) >= 11 is 0. The molecular formula is C18H17FN2O3. The van der Waals surface area contributed by atoms with E-state index in [4.69, 9.17) is 4.74 Å². The number of carbonyl (C=O) groups is 2. The van der Waals surface area contributed by atoms with Gasteiger partial charge in [0.25, 0.3) is 0 Å². The third kappa shape index (κ3) is 4.95. The van der Waals surface area contributed by atoms with E-state index in [1.165, 1.54) is 38.3 Å². The minimum Gasteiger partial charge on any atom is -0.494 e. The molecule has 0 aliphatic carbocycles. The monoisotopic (exact) mass is 328 g/mol. The predicted octanol–water partition coefficient (Wildman–Crippen LogP) is 3.44. The molecule has 0 radical (unpaired) electrons. The molecule has 0 aromatic heterocycles. The number of rotatable bonds is 5. The number of methoxy groups -OCH3 is 1. The van der Waals surface area contributed by atoms with Crippen LogP contribution in [0.15, 0.2) is 48.5 Å². The van der Waals surface area contributed by atoms with Gasteiger partial charge in [-0.05, 0) is 48.0 Å². The second-order valence-corrected chi connectivity index (χ2v) is 4.98. The van der Waals surface area contributed by atoms with Crippen LogP contribution in [0.2, 0.25) is 0 Å². The van der Waals surface area contributed by atoms with Gasteiger partial charge in [0.2, 0.25) is 11.8 Å². The van der Waals surface area contributed by atoms with Crippen LogP contribution in [0.4, 0.5) is 15.8 Å². The fourth-order valence-corrected chi connectivity index (χ4v) is 1.98. The van der Waals surface area contributed by atoms with Gasteiger partial charge in [-0.3, -0.25) is 9.59 Å². The molecule has 0 unspecified atom stereocenters. The summed E-state index contributed by atoms with van der Waals surface area (Å²) in [4.78, 5) is 22.8. The van der Waals surface area contributed by atoms with Crippen molar-refractivity contribution in [1.29, 1.82) is 0 Å². The van der Waals surface area contributed by atoms with E-state index >= 15 is 0 Å². The van der Waals surface area contributed by atoms with Crippen LogP contribution in [0.1, 0.15) is 12.5 Å². The Labute approximate surface area is 139 Å². The molecule has 2 aromatic carbocycles. The van der Waals surface area contributed by atoms with Crippen molar-refractivity contribution in [2.45, 2.75) is 6.92 Å². The highest BCUT2D eigenvalue weighted by Crippen LogP contribution is 2.18. The summed E-state index contributed by atoms with van der Waals surface area (Å²) in [5.41, 5.74) is 1.77. The van der Waals surface area contributed by atoms with E-state index in [9.17, 15) is 14.0 Å². The summed E-state index contributed by atoms with van der Waals surface area (Å²) in [7, 11) is 1.39. The van der Waals surface area contributed by atoms with Crippen LogP contribution in [0.3, 0.4) is 0 Å². The maximum Gasteiger partial charge on any atom is 0.248 e. The number of anilines is 2. The third-order valence-electron chi connectivity index (χ3n) is 3.08. The minimum atomic E-state index is -0.492. The molecule has 0 fully saturated rings. The van der Waals surface area contributed by atoms with E-state index in [0.29, 0.717) is 16.9 Å². The van der Waals surface area contributed by atoms with Gasteiger partial charge in [-0.1, -0.05) is 6.07 Å². The lowest BCUT2D eigenvalue weighted by Crippen LogP contribution is -2.08. The molecule has 2 aromatic rings. The Bertz CT molecular complexity index is 770. The Morgan fingerprint density at radius 1 is 1.04 bits per heavy atom. The van der Waals surface area contributed by atoms with Gasteiger partial charge in [-0.2, -0.15) is 0 Å². The molecule has 0 aliphatic rings. The zero-order chi connectivity index (χ0) is 17.5. The molecule has 0 heterocycles. The van der Waals surface area contributed by atoms with Crippen LogP contribution in [-0.4, -0.2) is 18.9 Å². The lowest BCUT2D eigenvalue weighted by atomic mass is 10.2. The summed E-state index contributed by atoms with van der Waals surface area (Å²) in [5.74, 6) is -0.857. The van der Waals surface area contributed by atoms with E-state index in [-0.39, 0.29) is 17.6 Å². The number of carbonyl (C=O) groups excluding carboxylic acids is 2. The van der Waals surface area contributed by atoms with E-state index < -0.39 is 5.82 Å². The van der Waals surface area contributed by atoms with Crippen LogP contribution in [0.5, 0.6) is 5.75 Å². The van der Waals surface area contributed by atoms with E-state index in [1.807, 2.05) is 0 Å². The van der Waals surface area contributed by atoms with Crippen LogP contribution in [-0.2, 0) is 9.59 Å². The largest absolute Gasteiger partial charge is 0.494 e. The Kier molecular flexibility index (Phi) is 5.68. The highest BCUT2D eigenvalue weighted by Gasteiger charge is 2.03. The van der Waals surface area contributed by atoms with Gasteiger partial charge in [0.15, 0.2) is 11.6 Å². The van der Waals surface area contributed by atoms with Gasteiger partial charge >= 0.3 is 0 Å². The summed E-state index contributed by atoms with van der Waals surface area (Å²) in [6, 6.07) is 11.1. The SMILES string of the molecule is COc1ccc(/C=C/C(=O)Nc2ccc(NC(C)=O)cc2)cc1F. The van der Waals surface area contributed by atoms with E-state index in [1.54, 1.807) is 30.3 Å². The molecular weight excluding hydrogens is 311 g/mol. The van der Waals surface area contributed by atoms with Crippen LogP contribution in [0, 0.1) is 5.82 Å². The first-order valence-electron chi connectivity index (χ1n) is 7.18. The number of hydrogen-bond donors (Lipinski definition) is 2. The number of amides is 2. The molecule has 2 rings (SSSR count). The van der Waals surface area contributed by atoms with Gasteiger partial charge in [0.1, 0.15) is 0 Å². The van der Waals surface area contributed by atoms with Gasteiger partial charge in [-0.15, -0.1) is 0 Å². The maximum atomic E-state index is 13.6. The number of hydrogen-bond acceptors (Lipinski definition) is 3. The van der Waals surface area contributed by atoms with E-state index in [0.717, 1.165) is 0 Å². The Morgan fingerprint density at radius 3 is 2.21 bits per heavy atom. The first-order valence-corrected chi connectivity index (χ1v) is 7.18. The van der Waals surface area contributed by atoms with Crippen molar-refractivity contribution in [3.8, 4) is 5.75 Å². The Morgan fingerprint density at radius 2 is 1.67 bits per heavy atom. The third-order valence-corrected chi connectivity index (χ3v) is 3.08. The van der Waals surface area contributed by atoms with Crippen molar-refractivity contribution < 1.29 is 18.7 Å².